The fourth-order valence-corrected chi connectivity index (χ4v) is 4.04. The minimum absolute atomic E-state index is 0.0589. The van der Waals surface area contributed by atoms with Gasteiger partial charge in [0.15, 0.2) is 0 Å². The molecule has 1 saturated carbocycles. The van der Waals surface area contributed by atoms with Gasteiger partial charge in [-0.3, -0.25) is 14.4 Å². The van der Waals surface area contributed by atoms with E-state index in [1.165, 1.54) is 0 Å². The van der Waals surface area contributed by atoms with Crippen molar-refractivity contribution in [2.75, 3.05) is 10.6 Å². The number of carbonyl (C=O) groups is 3. The Morgan fingerprint density at radius 3 is 2.68 bits per heavy atom. The normalized spacial score (nSPS) is 19.6. The molecule has 3 N–H and O–H groups in total. The van der Waals surface area contributed by atoms with Gasteiger partial charge in [0.25, 0.3) is 0 Å². The molecule has 6 heteroatoms. The number of carbonyl (C=O) groups excluding carboxylic acids is 2. The monoisotopic (exact) mass is 344 g/mol. The molecule has 1 fully saturated rings. The van der Waals surface area contributed by atoms with E-state index in [4.69, 9.17) is 0 Å². The van der Waals surface area contributed by atoms with E-state index in [0.717, 1.165) is 43.4 Å². The van der Waals surface area contributed by atoms with E-state index in [2.05, 4.69) is 10.6 Å². The van der Waals surface area contributed by atoms with Crippen LogP contribution >= 0.6 is 0 Å². The topological polar surface area (TPSA) is 95.5 Å². The largest absolute Gasteiger partial charge is 0.481 e. The SMILES string of the molecule is C[C@@](CC(=O)O)(C(=O)Nc1ccc2c(c1)CC(=O)N2)C1CCCCC1. The quantitative estimate of drug-likeness (QED) is 0.764. The smallest absolute Gasteiger partial charge is 0.304 e. The maximum absolute atomic E-state index is 13.0. The molecule has 0 radical (unpaired) electrons. The van der Waals surface area contributed by atoms with Crippen LogP contribution in [0.2, 0.25) is 0 Å². The number of carboxylic acids is 1. The van der Waals surface area contributed by atoms with Crippen LogP contribution in [-0.4, -0.2) is 22.9 Å². The number of aliphatic carboxylic acids is 1. The highest BCUT2D eigenvalue weighted by Gasteiger charge is 2.43. The van der Waals surface area contributed by atoms with Gasteiger partial charge in [-0.05, 0) is 49.4 Å². The maximum Gasteiger partial charge on any atom is 0.304 e. The molecule has 1 heterocycles. The third kappa shape index (κ3) is 3.67. The van der Waals surface area contributed by atoms with Crippen molar-refractivity contribution in [3.63, 3.8) is 0 Å². The standard InChI is InChI=1S/C19H24N2O4/c1-19(11-17(23)24,13-5-3-2-4-6-13)18(25)20-14-7-8-15-12(9-14)10-16(22)21-15/h7-9,13H,2-6,10-11H2,1H3,(H,20,25)(H,21,22)(H,23,24)/t19-/m0/s1. The van der Waals surface area contributed by atoms with E-state index < -0.39 is 11.4 Å². The molecule has 0 spiro atoms. The molecule has 1 aromatic carbocycles. The van der Waals surface area contributed by atoms with Crippen LogP contribution in [-0.2, 0) is 20.8 Å². The number of amides is 2. The van der Waals surface area contributed by atoms with Crippen molar-refractivity contribution in [3.8, 4) is 0 Å². The van der Waals surface area contributed by atoms with Gasteiger partial charge in [-0.15, -0.1) is 0 Å². The van der Waals surface area contributed by atoms with Crippen molar-refractivity contribution < 1.29 is 19.5 Å². The summed E-state index contributed by atoms with van der Waals surface area (Å²) >= 11 is 0. The fraction of sp³-hybridized carbons (Fsp3) is 0.526. The van der Waals surface area contributed by atoms with Crippen LogP contribution in [0.4, 0.5) is 11.4 Å². The molecule has 3 rings (SSSR count). The van der Waals surface area contributed by atoms with Crippen LogP contribution in [0.3, 0.4) is 0 Å². The average Bonchev–Trinajstić information content (AvgIpc) is 2.94. The van der Waals surface area contributed by atoms with Crippen molar-refractivity contribution in [1.82, 2.24) is 0 Å². The Balaban J connectivity index is 1.79. The van der Waals surface area contributed by atoms with Gasteiger partial charge in [-0.2, -0.15) is 0 Å². The second kappa shape index (κ2) is 6.86. The molecular formula is C19H24N2O4. The van der Waals surface area contributed by atoms with Gasteiger partial charge < -0.3 is 15.7 Å². The Kier molecular flexibility index (Phi) is 4.79. The molecule has 1 aromatic rings. The molecule has 134 valence electrons. The molecule has 6 nitrogen and oxygen atoms in total. The van der Waals surface area contributed by atoms with Crippen LogP contribution in [0.25, 0.3) is 0 Å². The second-order valence-corrected chi connectivity index (χ2v) is 7.37. The lowest BCUT2D eigenvalue weighted by molar-refractivity contribution is -0.145. The van der Waals surface area contributed by atoms with Gasteiger partial charge >= 0.3 is 5.97 Å². The average molecular weight is 344 g/mol. The predicted molar refractivity (Wildman–Crippen MR) is 94.3 cm³/mol. The van der Waals surface area contributed by atoms with E-state index >= 15 is 0 Å². The van der Waals surface area contributed by atoms with Crippen molar-refractivity contribution >= 4 is 29.2 Å². The van der Waals surface area contributed by atoms with Crippen molar-refractivity contribution in [3.05, 3.63) is 23.8 Å². The zero-order chi connectivity index (χ0) is 18.0. The summed E-state index contributed by atoms with van der Waals surface area (Å²) in [5.74, 6) is -1.18. The summed E-state index contributed by atoms with van der Waals surface area (Å²) in [5, 5.41) is 15.0. The minimum atomic E-state index is -0.952. The lowest BCUT2D eigenvalue weighted by atomic mass is 9.67. The van der Waals surface area contributed by atoms with Crippen LogP contribution in [0.5, 0.6) is 0 Å². The first kappa shape index (κ1) is 17.5. The van der Waals surface area contributed by atoms with Gasteiger partial charge in [0.05, 0.1) is 18.3 Å². The molecule has 0 saturated heterocycles. The number of hydrogen-bond donors (Lipinski definition) is 3. The minimum Gasteiger partial charge on any atom is -0.481 e. The van der Waals surface area contributed by atoms with E-state index in [-0.39, 0.29) is 24.2 Å². The Bertz CT molecular complexity index is 709. The first-order chi connectivity index (χ1) is 11.9. The Morgan fingerprint density at radius 2 is 2.00 bits per heavy atom. The van der Waals surface area contributed by atoms with Gasteiger partial charge in [-0.1, -0.05) is 19.3 Å². The Hall–Kier alpha value is -2.37. The highest BCUT2D eigenvalue weighted by Crippen LogP contribution is 2.42. The van der Waals surface area contributed by atoms with Gasteiger partial charge in [0.2, 0.25) is 11.8 Å². The zero-order valence-electron chi connectivity index (χ0n) is 14.4. The molecule has 2 amide bonds. The van der Waals surface area contributed by atoms with Crippen molar-refractivity contribution in [2.24, 2.45) is 11.3 Å². The first-order valence-electron chi connectivity index (χ1n) is 8.84. The summed E-state index contributed by atoms with van der Waals surface area (Å²) in [6.07, 6.45) is 5.13. The van der Waals surface area contributed by atoms with E-state index in [1.54, 1.807) is 25.1 Å². The Labute approximate surface area is 147 Å². The number of carboxylic acid groups (broad SMARTS) is 1. The molecular weight excluding hydrogens is 320 g/mol. The maximum atomic E-state index is 13.0. The van der Waals surface area contributed by atoms with Crippen molar-refractivity contribution in [1.29, 1.82) is 0 Å². The second-order valence-electron chi connectivity index (χ2n) is 7.37. The number of nitrogens with one attached hydrogen (secondary N) is 2. The third-order valence-corrected chi connectivity index (χ3v) is 5.53. The lowest BCUT2D eigenvalue weighted by Gasteiger charge is -2.37. The summed E-state index contributed by atoms with van der Waals surface area (Å²) in [7, 11) is 0. The lowest BCUT2D eigenvalue weighted by Crippen LogP contribution is -2.42. The Morgan fingerprint density at radius 1 is 1.28 bits per heavy atom. The number of fused-ring (bicyclic) bond motifs is 1. The number of anilines is 2. The van der Waals surface area contributed by atoms with Crippen LogP contribution in [0.1, 0.15) is 51.0 Å². The van der Waals surface area contributed by atoms with E-state index in [1.807, 2.05) is 0 Å². The van der Waals surface area contributed by atoms with Crippen molar-refractivity contribution in [2.45, 2.75) is 51.9 Å². The number of benzene rings is 1. The molecule has 0 unspecified atom stereocenters. The summed E-state index contributed by atoms with van der Waals surface area (Å²) < 4.78 is 0. The number of rotatable bonds is 5. The highest BCUT2D eigenvalue weighted by atomic mass is 16.4. The van der Waals surface area contributed by atoms with Crippen LogP contribution in [0, 0.1) is 11.3 Å². The fourth-order valence-electron chi connectivity index (χ4n) is 4.04. The van der Waals surface area contributed by atoms with Gasteiger partial charge in [0, 0.05) is 11.4 Å². The summed E-state index contributed by atoms with van der Waals surface area (Å²) in [4.78, 5) is 35.8. The molecule has 0 bridgehead atoms. The van der Waals surface area contributed by atoms with E-state index in [0.29, 0.717) is 12.1 Å². The first-order valence-corrected chi connectivity index (χ1v) is 8.84. The zero-order valence-corrected chi connectivity index (χ0v) is 14.4. The van der Waals surface area contributed by atoms with Crippen LogP contribution in [0.15, 0.2) is 18.2 Å². The number of hydrogen-bond acceptors (Lipinski definition) is 3. The van der Waals surface area contributed by atoms with Crippen LogP contribution < -0.4 is 10.6 Å². The molecule has 25 heavy (non-hydrogen) atoms. The summed E-state index contributed by atoms with van der Waals surface area (Å²) in [5.41, 5.74) is 1.29. The van der Waals surface area contributed by atoms with E-state index in [9.17, 15) is 19.5 Å². The summed E-state index contributed by atoms with van der Waals surface area (Å²) in [6, 6.07) is 5.29. The molecule has 2 aliphatic rings. The predicted octanol–water partition coefficient (Wildman–Crippen LogP) is 3.18. The van der Waals surface area contributed by atoms with Gasteiger partial charge in [0.1, 0.15) is 0 Å². The molecule has 1 aliphatic carbocycles. The molecule has 0 aromatic heterocycles. The summed E-state index contributed by atoms with van der Waals surface area (Å²) in [6.45, 7) is 1.77. The van der Waals surface area contributed by atoms with Gasteiger partial charge in [-0.25, -0.2) is 0 Å². The molecule has 1 atom stereocenters. The third-order valence-electron chi connectivity index (χ3n) is 5.53. The highest BCUT2D eigenvalue weighted by molar-refractivity contribution is 6.01. The molecule has 1 aliphatic heterocycles.